The summed E-state index contributed by atoms with van der Waals surface area (Å²) < 4.78 is 13.9. The van der Waals surface area contributed by atoms with Crippen molar-refractivity contribution in [3.63, 3.8) is 0 Å². The Hall–Kier alpha value is -1.10. The number of benzene rings is 1. The second-order valence-corrected chi connectivity index (χ2v) is 5.31. The van der Waals surface area contributed by atoms with Gasteiger partial charge in [-0.3, -0.25) is 0 Å². The van der Waals surface area contributed by atoms with Gasteiger partial charge in [-0.15, -0.1) is 0 Å². The zero-order chi connectivity index (χ0) is 13.1. The molecule has 1 unspecified atom stereocenters. The van der Waals surface area contributed by atoms with Gasteiger partial charge in [0.1, 0.15) is 10.8 Å². The predicted molar refractivity (Wildman–Crippen MR) is 72.4 cm³/mol. The quantitative estimate of drug-likeness (QED) is 0.923. The van der Waals surface area contributed by atoms with Gasteiger partial charge in [0, 0.05) is 17.1 Å². The summed E-state index contributed by atoms with van der Waals surface area (Å²) in [4.78, 5) is 4.60. The summed E-state index contributed by atoms with van der Waals surface area (Å²) in [7, 11) is 0. The van der Waals surface area contributed by atoms with Gasteiger partial charge in [-0.1, -0.05) is 29.4 Å². The maximum absolute atomic E-state index is 13.9. The van der Waals surface area contributed by atoms with E-state index in [0.717, 1.165) is 5.56 Å². The molecule has 1 heterocycles. The number of nitrogens with two attached hydrogens (primary N) is 1. The van der Waals surface area contributed by atoms with E-state index in [0.29, 0.717) is 14.9 Å². The molecule has 1 atom stereocenters. The molecule has 0 saturated carbocycles. The first-order valence-electron chi connectivity index (χ1n) is 5.41. The molecule has 2 nitrogen and oxygen atoms in total. The van der Waals surface area contributed by atoms with Crippen LogP contribution in [0.1, 0.15) is 18.5 Å². The van der Waals surface area contributed by atoms with Crippen LogP contribution >= 0.6 is 23.4 Å². The summed E-state index contributed by atoms with van der Waals surface area (Å²) in [6.07, 6.45) is 1.63. The summed E-state index contributed by atoms with van der Waals surface area (Å²) in [5.41, 5.74) is 6.47. The number of rotatable bonds is 3. The van der Waals surface area contributed by atoms with Crippen molar-refractivity contribution < 1.29 is 4.39 Å². The zero-order valence-electron chi connectivity index (χ0n) is 9.73. The largest absolute Gasteiger partial charge is 0.324 e. The molecule has 0 spiro atoms. The molecule has 94 valence electrons. The fourth-order valence-corrected chi connectivity index (χ4v) is 2.45. The van der Waals surface area contributed by atoms with Crippen LogP contribution in [0.5, 0.6) is 0 Å². The number of hydrogen-bond acceptors (Lipinski definition) is 3. The average Bonchev–Trinajstić information content (AvgIpc) is 2.34. The smallest absolute Gasteiger partial charge is 0.137 e. The molecule has 0 saturated heterocycles. The molecule has 0 aliphatic carbocycles. The van der Waals surface area contributed by atoms with Gasteiger partial charge < -0.3 is 5.73 Å². The molecular formula is C13H12ClFN2S. The van der Waals surface area contributed by atoms with Crippen LogP contribution in [-0.2, 0) is 0 Å². The topological polar surface area (TPSA) is 38.9 Å². The highest BCUT2D eigenvalue weighted by Gasteiger charge is 2.10. The van der Waals surface area contributed by atoms with E-state index in [9.17, 15) is 4.39 Å². The van der Waals surface area contributed by atoms with Gasteiger partial charge in [-0.05, 0) is 36.8 Å². The molecule has 1 aromatic carbocycles. The molecule has 0 amide bonds. The van der Waals surface area contributed by atoms with Crippen molar-refractivity contribution in [1.29, 1.82) is 0 Å². The fraction of sp³-hybridized carbons (Fsp3) is 0.154. The standard InChI is InChI=1S/C13H12ClFN2S/c1-8(16)9-4-5-12(11(15)7-9)18-13-10(14)3-2-6-17-13/h2-8H,16H2,1H3. The first-order chi connectivity index (χ1) is 8.58. The molecule has 1 aromatic heterocycles. The Balaban J connectivity index is 2.28. The van der Waals surface area contributed by atoms with Crippen LogP contribution in [0.15, 0.2) is 46.5 Å². The minimum absolute atomic E-state index is 0.183. The van der Waals surface area contributed by atoms with Crippen molar-refractivity contribution in [2.45, 2.75) is 22.9 Å². The summed E-state index contributed by atoms with van der Waals surface area (Å²) >= 11 is 7.18. The number of halogens is 2. The van der Waals surface area contributed by atoms with Crippen LogP contribution in [-0.4, -0.2) is 4.98 Å². The van der Waals surface area contributed by atoms with Gasteiger partial charge in [-0.25, -0.2) is 9.37 Å². The van der Waals surface area contributed by atoms with Crippen LogP contribution in [0.4, 0.5) is 4.39 Å². The van der Waals surface area contributed by atoms with Crippen LogP contribution in [0.3, 0.4) is 0 Å². The summed E-state index contributed by atoms with van der Waals surface area (Å²) in [5, 5.41) is 1.10. The number of aromatic nitrogens is 1. The average molecular weight is 283 g/mol. The number of hydrogen-bond donors (Lipinski definition) is 1. The van der Waals surface area contributed by atoms with E-state index in [-0.39, 0.29) is 11.9 Å². The Morgan fingerprint density at radius 2 is 2.17 bits per heavy atom. The first kappa shape index (κ1) is 13.3. The molecule has 18 heavy (non-hydrogen) atoms. The highest BCUT2D eigenvalue weighted by Crippen LogP contribution is 2.33. The second-order valence-electron chi connectivity index (χ2n) is 3.87. The highest BCUT2D eigenvalue weighted by molar-refractivity contribution is 7.99. The van der Waals surface area contributed by atoms with Gasteiger partial charge in [0.2, 0.25) is 0 Å². The fourth-order valence-electron chi connectivity index (χ4n) is 1.43. The van der Waals surface area contributed by atoms with Gasteiger partial charge in [0.15, 0.2) is 0 Å². The minimum atomic E-state index is -0.309. The van der Waals surface area contributed by atoms with Crippen molar-refractivity contribution in [2.75, 3.05) is 0 Å². The molecule has 2 rings (SSSR count). The summed E-state index contributed by atoms with van der Waals surface area (Å²) in [6, 6.07) is 8.24. The zero-order valence-corrected chi connectivity index (χ0v) is 11.3. The van der Waals surface area contributed by atoms with E-state index in [1.54, 1.807) is 24.4 Å². The Kier molecular flexibility index (Phi) is 4.22. The molecule has 0 aliphatic rings. The predicted octanol–water partition coefficient (Wildman–Crippen LogP) is 4.05. The Morgan fingerprint density at radius 3 is 2.78 bits per heavy atom. The van der Waals surface area contributed by atoms with Crippen molar-refractivity contribution in [3.8, 4) is 0 Å². The SMILES string of the molecule is CC(N)c1ccc(Sc2ncccc2Cl)c(F)c1. The third kappa shape index (κ3) is 3.02. The lowest BCUT2D eigenvalue weighted by molar-refractivity contribution is 0.596. The first-order valence-corrected chi connectivity index (χ1v) is 6.61. The Bertz CT molecular complexity index is 560. The molecular weight excluding hydrogens is 271 g/mol. The number of pyridine rings is 1. The van der Waals surface area contributed by atoms with E-state index < -0.39 is 0 Å². The third-order valence-corrected chi connectivity index (χ3v) is 3.90. The lowest BCUT2D eigenvalue weighted by Gasteiger charge is -2.08. The van der Waals surface area contributed by atoms with Gasteiger partial charge in [0.25, 0.3) is 0 Å². The van der Waals surface area contributed by atoms with Crippen LogP contribution < -0.4 is 5.73 Å². The van der Waals surface area contributed by atoms with Crippen molar-refractivity contribution in [1.82, 2.24) is 4.98 Å². The lowest BCUT2D eigenvalue weighted by atomic mass is 10.1. The minimum Gasteiger partial charge on any atom is -0.324 e. The van der Waals surface area contributed by atoms with Crippen LogP contribution in [0, 0.1) is 5.82 Å². The van der Waals surface area contributed by atoms with Crippen molar-refractivity contribution in [3.05, 3.63) is 52.9 Å². The molecule has 0 bridgehead atoms. The third-order valence-electron chi connectivity index (χ3n) is 2.41. The van der Waals surface area contributed by atoms with E-state index >= 15 is 0 Å². The molecule has 2 N–H and O–H groups in total. The molecule has 0 fully saturated rings. The molecule has 0 aliphatic heterocycles. The van der Waals surface area contributed by atoms with E-state index in [4.69, 9.17) is 17.3 Å². The van der Waals surface area contributed by atoms with Crippen LogP contribution in [0.25, 0.3) is 0 Å². The van der Waals surface area contributed by atoms with Crippen molar-refractivity contribution in [2.24, 2.45) is 5.73 Å². The van der Waals surface area contributed by atoms with Gasteiger partial charge in [-0.2, -0.15) is 0 Å². The van der Waals surface area contributed by atoms with Gasteiger partial charge in [0.05, 0.1) is 5.02 Å². The van der Waals surface area contributed by atoms with Gasteiger partial charge >= 0.3 is 0 Å². The summed E-state index contributed by atoms with van der Waals surface area (Å²) in [5.74, 6) is -0.309. The van der Waals surface area contributed by atoms with Crippen LogP contribution in [0.2, 0.25) is 5.02 Å². The maximum atomic E-state index is 13.9. The molecule has 0 radical (unpaired) electrons. The highest BCUT2D eigenvalue weighted by atomic mass is 35.5. The van der Waals surface area contributed by atoms with E-state index in [2.05, 4.69) is 4.98 Å². The summed E-state index contributed by atoms with van der Waals surface area (Å²) in [6.45, 7) is 1.82. The molecule has 5 heteroatoms. The second kappa shape index (κ2) is 5.69. The van der Waals surface area contributed by atoms with Crippen molar-refractivity contribution >= 4 is 23.4 Å². The normalized spacial score (nSPS) is 12.4. The van der Waals surface area contributed by atoms with E-state index in [1.807, 2.05) is 13.0 Å². The molecule has 2 aromatic rings. The monoisotopic (exact) mass is 282 g/mol. The lowest BCUT2D eigenvalue weighted by Crippen LogP contribution is -2.05. The number of nitrogens with zero attached hydrogens (tertiary/aromatic N) is 1. The Labute approximate surface area is 114 Å². The Morgan fingerprint density at radius 1 is 1.39 bits per heavy atom. The van der Waals surface area contributed by atoms with E-state index in [1.165, 1.54) is 17.8 Å². The maximum Gasteiger partial charge on any atom is 0.137 e.